The van der Waals surface area contributed by atoms with Crippen molar-refractivity contribution in [2.45, 2.75) is 53.0 Å². The minimum absolute atomic E-state index is 0.379. The average molecular weight is 550 g/mol. The summed E-state index contributed by atoms with van der Waals surface area (Å²) in [4.78, 5) is 9.81. The van der Waals surface area contributed by atoms with Gasteiger partial charge in [-0.2, -0.15) is 0 Å². The zero-order chi connectivity index (χ0) is 29.0. The minimum Gasteiger partial charge on any atom is -0.438 e. The topological polar surface area (TPSA) is 43.9 Å². The van der Waals surface area contributed by atoms with Gasteiger partial charge in [0.2, 0.25) is 5.71 Å². The molecule has 4 heteroatoms. The molecule has 0 amide bonds. The monoisotopic (exact) mass is 549 g/mol. The molecule has 42 heavy (non-hydrogen) atoms. The van der Waals surface area contributed by atoms with Gasteiger partial charge >= 0.3 is 0 Å². The third-order valence-electron chi connectivity index (χ3n) is 8.37. The van der Waals surface area contributed by atoms with Crippen LogP contribution >= 0.6 is 0 Å². The van der Waals surface area contributed by atoms with Crippen LogP contribution in [-0.4, -0.2) is 14.5 Å². The van der Waals surface area contributed by atoms with E-state index in [1.165, 1.54) is 27.8 Å². The first kappa shape index (κ1) is 26.2. The highest BCUT2D eigenvalue weighted by Gasteiger charge is 2.21. The predicted octanol–water partition coefficient (Wildman–Crippen LogP) is 10.3. The molecule has 4 aromatic carbocycles. The van der Waals surface area contributed by atoms with Gasteiger partial charge < -0.3 is 8.98 Å². The van der Waals surface area contributed by atoms with Crippen LogP contribution in [-0.2, 0) is 6.54 Å². The van der Waals surface area contributed by atoms with Crippen molar-refractivity contribution in [2.24, 2.45) is 0 Å². The lowest BCUT2D eigenvalue weighted by molar-refractivity contribution is 0.652. The van der Waals surface area contributed by atoms with Gasteiger partial charge in [-0.05, 0) is 89.0 Å². The van der Waals surface area contributed by atoms with Crippen LogP contribution in [0.2, 0.25) is 0 Å². The molecule has 0 atom stereocenters. The molecule has 0 aliphatic rings. The molecule has 0 radical (unpaired) electrons. The van der Waals surface area contributed by atoms with E-state index >= 15 is 0 Å². The maximum atomic E-state index is 6.10. The third kappa shape index (κ3) is 4.48. The van der Waals surface area contributed by atoms with Gasteiger partial charge in [-0.15, -0.1) is 0 Å². The molecule has 0 saturated heterocycles. The maximum Gasteiger partial charge on any atom is 0.227 e. The first-order valence-electron chi connectivity index (χ1n) is 14.8. The van der Waals surface area contributed by atoms with Gasteiger partial charge in [0.05, 0.1) is 17.6 Å². The molecule has 3 heterocycles. The van der Waals surface area contributed by atoms with E-state index in [1.807, 2.05) is 13.0 Å². The van der Waals surface area contributed by atoms with Crippen molar-refractivity contribution in [3.05, 3.63) is 119 Å². The van der Waals surface area contributed by atoms with Crippen LogP contribution in [0.4, 0.5) is 0 Å². The van der Waals surface area contributed by atoms with Gasteiger partial charge in [0.1, 0.15) is 11.4 Å². The summed E-state index contributed by atoms with van der Waals surface area (Å²) < 4.78 is 8.50. The van der Waals surface area contributed by atoms with Gasteiger partial charge in [0.15, 0.2) is 0 Å². The fraction of sp³-hybridized carbons (Fsp3) is 0.211. The highest BCUT2D eigenvalue weighted by atomic mass is 16.3. The van der Waals surface area contributed by atoms with Crippen LogP contribution in [0.15, 0.2) is 101 Å². The van der Waals surface area contributed by atoms with E-state index in [0.29, 0.717) is 17.5 Å². The van der Waals surface area contributed by atoms with Crippen LogP contribution in [0.1, 0.15) is 61.9 Å². The molecule has 0 bridgehead atoms. The second-order valence-electron chi connectivity index (χ2n) is 11.9. The van der Waals surface area contributed by atoms with Crippen molar-refractivity contribution in [1.29, 1.82) is 0 Å². The van der Waals surface area contributed by atoms with Crippen molar-refractivity contribution in [3.63, 3.8) is 0 Å². The van der Waals surface area contributed by atoms with Gasteiger partial charge in [-0.3, -0.25) is 0 Å². The van der Waals surface area contributed by atoms with E-state index in [1.54, 1.807) is 0 Å². The molecule has 0 unspecified atom stereocenters. The summed E-state index contributed by atoms with van der Waals surface area (Å²) >= 11 is 0. The normalized spacial score (nSPS) is 12.0. The minimum atomic E-state index is 0.379. The first-order chi connectivity index (χ1) is 20.4. The molecular formula is C38H35N3O. The number of hydrogen-bond donors (Lipinski definition) is 0. The molecule has 0 aliphatic heterocycles. The Morgan fingerprint density at radius 2 is 1.38 bits per heavy atom. The van der Waals surface area contributed by atoms with E-state index < -0.39 is 0 Å². The molecule has 7 aromatic rings. The number of fused-ring (bicyclic) bond motifs is 4. The summed E-state index contributed by atoms with van der Waals surface area (Å²) in [6.45, 7) is 12.0. The van der Waals surface area contributed by atoms with E-state index in [0.717, 1.165) is 51.0 Å². The molecule has 0 fully saturated rings. The largest absolute Gasteiger partial charge is 0.438 e. The van der Waals surface area contributed by atoms with E-state index in [2.05, 4.69) is 128 Å². The average Bonchev–Trinajstić information content (AvgIpc) is 3.54. The number of benzene rings is 4. The number of pyridine rings is 1. The highest BCUT2D eigenvalue weighted by molar-refractivity contribution is 6.05. The molecule has 3 aromatic heterocycles. The summed E-state index contributed by atoms with van der Waals surface area (Å²) in [5.74, 6) is 1.72. The van der Waals surface area contributed by atoms with E-state index in [4.69, 9.17) is 9.40 Å². The Morgan fingerprint density at radius 1 is 0.667 bits per heavy atom. The zero-order valence-corrected chi connectivity index (χ0v) is 24.8. The second kappa shape index (κ2) is 10.3. The first-order valence-corrected chi connectivity index (χ1v) is 14.8. The molecule has 7 rings (SSSR count). The molecule has 0 spiro atoms. The molecular weight excluding hydrogens is 514 g/mol. The Bertz CT molecular complexity index is 2050. The molecule has 0 saturated carbocycles. The quantitative estimate of drug-likeness (QED) is 0.207. The summed E-state index contributed by atoms with van der Waals surface area (Å²) in [5, 5.41) is 2.09. The lowest BCUT2D eigenvalue weighted by Gasteiger charge is -2.23. The smallest absolute Gasteiger partial charge is 0.227 e. The van der Waals surface area contributed by atoms with Crippen LogP contribution in [0.25, 0.3) is 55.6 Å². The van der Waals surface area contributed by atoms with Gasteiger partial charge in [-0.1, -0.05) is 82.3 Å². The SMILES string of the molecule is Cc1ccc2c(n1)oc1ccc(-c3nc4ccccc4n3Cc3c(C(C)C)cc(-c4ccccc4)cc3C(C)C)cc12. The summed E-state index contributed by atoms with van der Waals surface area (Å²) in [7, 11) is 0. The zero-order valence-electron chi connectivity index (χ0n) is 24.8. The van der Waals surface area contributed by atoms with Crippen LogP contribution in [0, 0.1) is 6.92 Å². The molecule has 208 valence electrons. The summed E-state index contributed by atoms with van der Waals surface area (Å²) in [5.41, 5.74) is 12.4. The van der Waals surface area contributed by atoms with E-state index in [-0.39, 0.29) is 0 Å². The molecule has 4 nitrogen and oxygen atoms in total. The lowest BCUT2D eigenvalue weighted by atomic mass is 9.85. The number of nitrogens with zero attached hydrogens (tertiary/aromatic N) is 3. The van der Waals surface area contributed by atoms with Gasteiger partial charge in [0.25, 0.3) is 0 Å². The standard InChI is InChI=1S/C38H35N3O/c1-23(2)30-20-28(26-11-7-6-8-12-26)21-31(24(3)4)33(30)22-41-35-14-10-9-13-34(35)40-37(41)27-16-18-36-32(19-27)29-17-15-25(5)39-38(29)42-36/h6-21,23-24H,22H2,1-5H3. The molecule has 0 aliphatic carbocycles. The van der Waals surface area contributed by atoms with Crippen molar-refractivity contribution >= 4 is 33.1 Å². The fourth-order valence-electron chi connectivity index (χ4n) is 6.23. The third-order valence-corrected chi connectivity index (χ3v) is 8.37. The van der Waals surface area contributed by atoms with Crippen molar-refractivity contribution < 1.29 is 4.42 Å². The van der Waals surface area contributed by atoms with Crippen LogP contribution in [0.5, 0.6) is 0 Å². The van der Waals surface area contributed by atoms with Crippen LogP contribution < -0.4 is 0 Å². The van der Waals surface area contributed by atoms with Crippen molar-refractivity contribution in [3.8, 4) is 22.5 Å². The Labute approximate surface area is 246 Å². The Kier molecular flexibility index (Phi) is 6.42. The Balaban J connectivity index is 1.43. The Hall–Kier alpha value is -4.70. The number of hydrogen-bond acceptors (Lipinski definition) is 3. The number of para-hydroxylation sites is 2. The van der Waals surface area contributed by atoms with Crippen molar-refractivity contribution in [1.82, 2.24) is 14.5 Å². The molecule has 0 N–H and O–H groups in total. The predicted molar refractivity (Wildman–Crippen MR) is 174 cm³/mol. The second-order valence-corrected chi connectivity index (χ2v) is 11.9. The number of furan rings is 1. The fourth-order valence-corrected chi connectivity index (χ4v) is 6.23. The summed E-state index contributed by atoms with van der Waals surface area (Å²) in [6, 6.07) is 34.5. The summed E-state index contributed by atoms with van der Waals surface area (Å²) in [6.07, 6.45) is 0. The number of aromatic nitrogens is 3. The van der Waals surface area contributed by atoms with Gasteiger partial charge in [0, 0.05) is 22.0 Å². The van der Waals surface area contributed by atoms with Crippen molar-refractivity contribution in [2.75, 3.05) is 0 Å². The van der Waals surface area contributed by atoms with Gasteiger partial charge in [-0.25, -0.2) is 9.97 Å². The number of aryl methyl sites for hydroxylation is 1. The lowest BCUT2D eigenvalue weighted by Crippen LogP contribution is -2.10. The van der Waals surface area contributed by atoms with Crippen LogP contribution in [0.3, 0.4) is 0 Å². The van der Waals surface area contributed by atoms with E-state index in [9.17, 15) is 0 Å². The highest BCUT2D eigenvalue weighted by Crippen LogP contribution is 2.37. The number of imidazole rings is 1. The number of rotatable bonds is 6. The maximum absolute atomic E-state index is 6.10. The Morgan fingerprint density at radius 3 is 2.12 bits per heavy atom.